The second kappa shape index (κ2) is 3.29. The van der Waals surface area contributed by atoms with Gasteiger partial charge >= 0.3 is 0 Å². The maximum absolute atomic E-state index is 9.81. The molecular formula is C2H6O4S2. The minimum atomic E-state index is -3.88. The molecule has 0 heterocycles. The van der Waals surface area contributed by atoms with Gasteiger partial charge in [0.1, 0.15) is 5.08 Å². The van der Waals surface area contributed by atoms with Crippen LogP contribution >= 0.6 is 11.8 Å². The number of rotatable bonds is 3. The van der Waals surface area contributed by atoms with Crippen molar-refractivity contribution >= 4 is 21.9 Å². The minimum Gasteiger partial charge on any atom is -0.386 e. The Morgan fingerprint density at radius 2 is 2.00 bits per heavy atom. The first-order valence-corrected chi connectivity index (χ1v) is 4.46. The van der Waals surface area contributed by atoms with Gasteiger partial charge < -0.3 is 5.11 Å². The van der Waals surface area contributed by atoms with Crippen molar-refractivity contribution in [2.75, 3.05) is 11.0 Å². The topological polar surface area (TPSA) is 74.6 Å². The van der Waals surface area contributed by atoms with Gasteiger partial charge in [0.05, 0.1) is 5.94 Å². The average molecular weight is 158 g/mol. The summed E-state index contributed by atoms with van der Waals surface area (Å²) in [6.07, 6.45) is 0. The third-order valence-corrected chi connectivity index (χ3v) is 2.36. The van der Waals surface area contributed by atoms with Crippen LogP contribution in [0.5, 0.6) is 0 Å². The second-order valence-electron chi connectivity index (χ2n) is 1.03. The molecule has 4 nitrogen and oxygen atoms in total. The summed E-state index contributed by atoms with van der Waals surface area (Å²) in [5.41, 5.74) is 0. The summed E-state index contributed by atoms with van der Waals surface area (Å²) in [7, 11) is -3.88. The maximum atomic E-state index is 9.81. The third kappa shape index (κ3) is 6.22. The zero-order valence-corrected chi connectivity index (χ0v) is 5.57. The summed E-state index contributed by atoms with van der Waals surface area (Å²) in [5, 5.41) is 7.58. The molecule has 0 aromatic heterocycles. The Kier molecular flexibility index (Phi) is 3.38. The number of thioether (sulfide) groups is 1. The minimum absolute atomic E-state index is 0.292. The van der Waals surface area contributed by atoms with E-state index in [1.54, 1.807) is 0 Å². The molecule has 0 fully saturated rings. The van der Waals surface area contributed by atoms with Gasteiger partial charge in [0.2, 0.25) is 0 Å². The first-order chi connectivity index (χ1) is 3.56. The largest absolute Gasteiger partial charge is 0.386 e. The van der Waals surface area contributed by atoms with Crippen molar-refractivity contribution in [3.8, 4) is 0 Å². The third-order valence-electron chi connectivity index (χ3n) is 0.324. The first-order valence-electron chi connectivity index (χ1n) is 1.70. The number of aliphatic hydroxyl groups is 1. The Balaban J connectivity index is 3.42. The van der Waals surface area contributed by atoms with E-state index in [0.717, 1.165) is 11.8 Å². The van der Waals surface area contributed by atoms with Gasteiger partial charge in [-0.3, -0.25) is 4.55 Å². The summed E-state index contributed by atoms with van der Waals surface area (Å²) in [5.74, 6) is -0.292. The van der Waals surface area contributed by atoms with E-state index in [1.165, 1.54) is 0 Å². The molecule has 0 aliphatic carbocycles. The molecule has 6 heteroatoms. The molecule has 8 heavy (non-hydrogen) atoms. The van der Waals surface area contributed by atoms with Gasteiger partial charge in [-0.1, -0.05) is 0 Å². The van der Waals surface area contributed by atoms with Crippen molar-refractivity contribution in [3.05, 3.63) is 0 Å². The smallest absolute Gasteiger partial charge is 0.274 e. The molecule has 0 atom stereocenters. The van der Waals surface area contributed by atoms with E-state index < -0.39 is 15.2 Å². The van der Waals surface area contributed by atoms with Gasteiger partial charge in [0, 0.05) is 0 Å². The molecule has 0 rings (SSSR count). The average Bonchev–Trinajstić information content (AvgIpc) is 1.59. The Hall–Kier alpha value is 0.220. The maximum Gasteiger partial charge on any atom is 0.274 e. The van der Waals surface area contributed by atoms with Gasteiger partial charge in [-0.05, 0) is 0 Å². The predicted octanol–water partition coefficient (Wildman–Crippen LogP) is -0.485. The molecule has 0 bridgehead atoms. The van der Waals surface area contributed by atoms with Crippen molar-refractivity contribution in [1.82, 2.24) is 0 Å². The van der Waals surface area contributed by atoms with Crippen molar-refractivity contribution < 1.29 is 18.1 Å². The summed E-state index contributed by atoms with van der Waals surface area (Å²) in [6.45, 7) is 0. The van der Waals surface area contributed by atoms with Crippen molar-refractivity contribution in [1.29, 1.82) is 0 Å². The zero-order chi connectivity index (χ0) is 6.62. The zero-order valence-electron chi connectivity index (χ0n) is 3.94. The Morgan fingerprint density at radius 3 is 2.12 bits per heavy atom. The molecule has 2 N–H and O–H groups in total. The van der Waals surface area contributed by atoms with Crippen molar-refractivity contribution in [3.63, 3.8) is 0 Å². The van der Waals surface area contributed by atoms with Gasteiger partial charge in [-0.25, -0.2) is 0 Å². The summed E-state index contributed by atoms with van der Waals surface area (Å²) in [4.78, 5) is 0. The molecular weight excluding hydrogens is 152 g/mol. The van der Waals surface area contributed by atoms with Crippen LogP contribution in [-0.4, -0.2) is 29.1 Å². The van der Waals surface area contributed by atoms with Crippen LogP contribution in [0.4, 0.5) is 0 Å². The summed E-state index contributed by atoms with van der Waals surface area (Å²) < 4.78 is 27.6. The Morgan fingerprint density at radius 1 is 1.50 bits per heavy atom. The van der Waals surface area contributed by atoms with Crippen LogP contribution in [0, 0.1) is 0 Å². The predicted molar refractivity (Wildman–Crippen MR) is 31.1 cm³/mol. The fourth-order valence-corrected chi connectivity index (χ4v) is 1.28. The van der Waals surface area contributed by atoms with E-state index >= 15 is 0 Å². The van der Waals surface area contributed by atoms with Gasteiger partial charge in [-0.15, -0.1) is 11.8 Å². The van der Waals surface area contributed by atoms with Crippen LogP contribution in [0.15, 0.2) is 0 Å². The molecule has 0 saturated carbocycles. The molecule has 0 amide bonds. The van der Waals surface area contributed by atoms with Crippen molar-refractivity contribution in [2.24, 2.45) is 0 Å². The van der Waals surface area contributed by atoms with Crippen LogP contribution in [0.3, 0.4) is 0 Å². The van der Waals surface area contributed by atoms with Gasteiger partial charge in [0.25, 0.3) is 10.1 Å². The molecule has 0 unspecified atom stereocenters. The highest BCUT2D eigenvalue weighted by Crippen LogP contribution is 1.99. The van der Waals surface area contributed by atoms with Crippen LogP contribution in [-0.2, 0) is 10.1 Å². The van der Waals surface area contributed by atoms with E-state index in [1.807, 2.05) is 0 Å². The van der Waals surface area contributed by atoms with E-state index in [4.69, 9.17) is 9.66 Å². The highest BCUT2D eigenvalue weighted by Gasteiger charge is 2.01. The van der Waals surface area contributed by atoms with Gasteiger partial charge in [0.15, 0.2) is 0 Å². The second-order valence-corrected chi connectivity index (χ2v) is 3.81. The Labute approximate surface area is 51.7 Å². The highest BCUT2D eigenvalue weighted by atomic mass is 32.3. The van der Waals surface area contributed by atoms with E-state index in [0.29, 0.717) is 0 Å². The quantitative estimate of drug-likeness (QED) is 0.428. The summed E-state index contributed by atoms with van der Waals surface area (Å²) >= 11 is 0.733. The fourth-order valence-electron chi connectivity index (χ4n) is 0.143. The lowest BCUT2D eigenvalue weighted by atomic mass is 11.7. The molecule has 0 aromatic rings. The molecule has 0 aliphatic rings. The molecule has 0 aliphatic heterocycles. The molecule has 0 aromatic carbocycles. The van der Waals surface area contributed by atoms with Crippen LogP contribution in [0.2, 0.25) is 0 Å². The van der Waals surface area contributed by atoms with Crippen molar-refractivity contribution in [2.45, 2.75) is 0 Å². The lowest BCUT2D eigenvalue weighted by molar-refractivity contribution is 0.375. The lowest BCUT2D eigenvalue weighted by Gasteiger charge is -1.89. The summed E-state index contributed by atoms with van der Waals surface area (Å²) in [6, 6.07) is 0. The normalized spacial score (nSPS) is 11.8. The number of hydrogen-bond acceptors (Lipinski definition) is 4. The highest BCUT2D eigenvalue weighted by molar-refractivity contribution is 8.10. The number of aliphatic hydroxyl groups excluding tert-OH is 1. The SMILES string of the molecule is O=S(=O)(O)CSCO. The molecule has 0 saturated heterocycles. The lowest BCUT2D eigenvalue weighted by Crippen LogP contribution is -1.99. The fraction of sp³-hybridized carbons (Fsp3) is 1.00. The van der Waals surface area contributed by atoms with E-state index in [2.05, 4.69) is 0 Å². The molecule has 0 spiro atoms. The Bertz CT molecular complexity index is 136. The molecule has 50 valence electrons. The first kappa shape index (κ1) is 8.22. The van der Waals surface area contributed by atoms with Crippen LogP contribution in [0.1, 0.15) is 0 Å². The standard InChI is InChI=1S/C2H6O4S2/c3-1-7-2-8(4,5)6/h3H,1-2H2,(H,4,5,6). The van der Waals surface area contributed by atoms with E-state index in [9.17, 15) is 8.42 Å². The monoisotopic (exact) mass is 158 g/mol. The molecule has 0 radical (unpaired) electrons. The van der Waals surface area contributed by atoms with E-state index in [-0.39, 0.29) is 5.94 Å². The van der Waals surface area contributed by atoms with Crippen LogP contribution in [0.25, 0.3) is 0 Å². The number of hydrogen-bond donors (Lipinski definition) is 2. The van der Waals surface area contributed by atoms with Gasteiger partial charge in [-0.2, -0.15) is 8.42 Å². The van der Waals surface area contributed by atoms with Crippen LogP contribution < -0.4 is 0 Å².